The molecule has 0 atom stereocenters. The fraction of sp³-hybridized carbons (Fsp3) is 0.615. The van der Waals surface area contributed by atoms with Crippen molar-refractivity contribution in [3.05, 3.63) is 22.4 Å². The summed E-state index contributed by atoms with van der Waals surface area (Å²) in [6.07, 6.45) is 3.75. The fourth-order valence-corrected chi connectivity index (χ4v) is 2.98. The third kappa shape index (κ3) is 2.20. The summed E-state index contributed by atoms with van der Waals surface area (Å²) in [6, 6.07) is 1.93. The zero-order valence-electron chi connectivity index (χ0n) is 10.0. The normalized spacial score (nSPS) is 18.6. The average Bonchev–Trinajstić information content (AvgIpc) is 2.82. The van der Waals surface area contributed by atoms with Crippen molar-refractivity contribution in [1.29, 1.82) is 0 Å². The first-order chi connectivity index (χ1) is 7.62. The molecule has 1 aromatic rings. The fourth-order valence-electron chi connectivity index (χ4n) is 2.34. The molecule has 0 aliphatic carbocycles. The quantitative estimate of drug-likeness (QED) is 0.752. The third-order valence-electron chi connectivity index (χ3n) is 3.49. The van der Waals surface area contributed by atoms with Crippen LogP contribution >= 0.6 is 11.3 Å². The molecule has 3 heteroatoms. The lowest BCUT2D eigenvalue weighted by molar-refractivity contribution is 0.0580. The minimum Gasteiger partial charge on any atom is -0.292 e. The van der Waals surface area contributed by atoms with Crippen molar-refractivity contribution in [3.63, 3.8) is 0 Å². The Balaban J connectivity index is 2.14. The molecule has 1 fully saturated rings. The van der Waals surface area contributed by atoms with Crippen LogP contribution in [-0.2, 0) is 0 Å². The number of likely N-dealkylation sites (tertiary alicyclic amines) is 1. The molecule has 0 N–H and O–H groups in total. The van der Waals surface area contributed by atoms with E-state index in [1.54, 1.807) is 11.3 Å². The number of Topliss-reactive ketones (excluding diaryl/α,β-unsaturated/α-hetero) is 1. The molecule has 0 bridgehead atoms. The molecule has 0 amide bonds. The topological polar surface area (TPSA) is 20.3 Å². The molecule has 2 heterocycles. The van der Waals surface area contributed by atoms with E-state index in [0.717, 1.165) is 18.7 Å². The Morgan fingerprint density at radius 2 is 2.00 bits per heavy atom. The Labute approximate surface area is 101 Å². The van der Waals surface area contributed by atoms with Gasteiger partial charge in [-0.25, -0.2) is 0 Å². The van der Waals surface area contributed by atoms with Gasteiger partial charge in [0.05, 0.1) is 5.54 Å². The summed E-state index contributed by atoms with van der Waals surface area (Å²) in [5, 5.41) is 3.92. The van der Waals surface area contributed by atoms with Gasteiger partial charge in [0.15, 0.2) is 5.78 Å². The second-order valence-corrected chi connectivity index (χ2v) is 5.73. The molecule has 16 heavy (non-hydrogen) atoms. The largest absolute Gasteiger partial charge is 0.292 e. The predicted octanol–water partition coefficient (Wildman–Crippen LogP) is 3.20. The van der Waals surface area contributed by atoms with E-state index in [4.69, 9.17) is 0 Å². The molecule has 0 unspecified atom stereocenters. The molecule has 0 spiro atoms. The van der Waals surface area contributed by atoms with Crippen LogP contribution in [0, 0.1) is 0 Å². The lowest BCUT2D eigenvalue weighted by Gasteiger charge is -2.39. The minimum atomic E-state index is -0.346. The van der Waals surface area contributed by atoms with E-state index in [9.17, 15) is 4.79 Å². The van der Waals surface area contributed by atoms with Gasteiger partial charge < -0.3 is 0 Å². The van der Waals surface area contributed by atoms with Crippen LogP contribution in [0.15, 0.2) is 16.8 Å². The predicted molar refractivity (Wildman–Crippen MR) is 68.2 cm³/mol. The van der Waals surface area contributed by atoms with Gasteiger partial charge in [-0.05, 0) is 51.2 Å². The Kier molecular flexibility index (Phi) is 3.45. The van der Waals surface area contributed by atoms with Gasteiger partial charge in [-0.3, -0.25) is 9.69 Å². The number of rotatable bonds is 3. The number of nitrogens with zero attached hydrogens (tertiary/aromatic N) is 1. The van der Waals surface area contributed by atoms with Crippen molar-refractivity contribution in [1.82, 2.24) is 4.90 Å². The maximum atomic E-state index is 12.4. The van der Waals surface area contributed by atoms with E-state index < -0.39 is 0 Å². The van der Waals surface area contributed by atoms with E-state index in [-0.39, 0.29) is 11.3 Å². The van der Waals surface area contributed by atoms with Crippen LogP contribution in [0.2, 0.25) is 0 Å². The minimum absolute atomic E-state index is 0.260. The monoisotopic (exact) mass is 237 g/mol. The van der Waals surface area contributed by atoms with Gasteiger partial charge in [0.1, 0.15) is 0 Å². The number of carbonyl (C=O) groups is 1. The van der Waals surface area contributed by atoms with Gasteiger partial charge in [0.2, 0.25) is 0 Å². The zero-order valence-corrected chi connectivity index (χ0v) is 10.8. The van der Waals surface area contributed by atoms with Crippen molar-refractivity contribution in [2.24, 2.45) is 0 Å². The van der Waals surface area contributed by atoms with E-state index in [0.29, 0.717) is 0 Å². The molecule has 1 aliphatic rings. The summed E-state index contributed by atoms with van der Waals surface area (Å²) in [5.74, 6) is 0.260. The Morgan fingerprint density at radius 3 is 2.56 bits per heavy atom. The summed E-state index contributed by atoms with van der Waals surface area (Å²) >= 11 is 1.59. The molecule has 2 rings (SSSR count). The summed E-state index contributed by atoms with van der Waals surface area (Å²) < 4.78 is 0. The summed E-state index contributed by atoms with van der Waals surface area (Å²) in [6.45, 7) is 6.22. The van der Waals surface area contributed by atoms with Gasteiger partial charge in [-0.2, -0.15) is 11.3 Å². The van der Waals surface area contributed by atoms with Crippen LogP contribution < -0.4 is 0 Å². The van der Waals surface area contributed by atoms with Crippen LogP contribution in [-0.4, -0.2) is 29.3 Å². The smallest absolute Gasteiger partial charge is 0.183 e. The third-order valence-corrected chi connectivity index (χ3v) is 4.17. The maximum absolute atomic E-state index is 12.4. The van der Waals surface area contributed by atoms with E-state index in [2.05, 4.69) is 18.7 Å². The van der Waals surface area contributed by atoms with Gasteiger partial charge in [0, 0.05) is 10.9 Å². The second kappa shape index (κ2) is 4.68. The Hall–Kier alpha value is -0.670. The van der Waals surface area contributed by atoms with Crippen molar-refractivity contribution in [2.75, 3.05) is 13.1 Å². The lowest BCUT2D eigenvalue weighted by atomic mass is 9.90. The molecule has 2 nitrogen and oxygen atoms in total. The highest BCUT2D eigenvalue weighted by Gasteiger charge is 2.35. The molecular formula is C13H19NOS. The number of piperidine rings is 1. The average molecular weight is 237 g/mol. The van der Waals surface area contributed by atoms with Crippen LogP contribution in [0.3, 0.4) is 0 Å². The molecule has 1 aliphatic heterocycles. The summed E-state index contributed by atoms with van der Waals surface area (Å²) in [4.78, 5) is 14.7. The van der Waals surface area contributed by atoms with E-state index in [1.165, 1.54) is 19.3 Å². The van der Waals surface area contributed by atoms with Crippen molar-refractivity contribution in [3.8, 4) is 0 Å². The molecule has 0 aromatic carbocycles. The Bertz CT molecular complexity index is 350. The molecule has 1 aromatic heterocycles. The highest BCUT2D eigenvalue weighted by atomic mass is 32.1. The molecular weight excluding hydrogens is 218 g/mol. The van der Waals surface area contributed by atoms with Crippen LogP contribution in [0.25, 0.3) is 0 Å². The lowest BCUT2D eigenvalue weighted by Crippen LogP contribution is -2.52. The molecule has 0 saturated carbocycles. The van der Waals surface area contributed by atoms with Gasteiger partial charge >= 0.3 is 0 Å². The zero-order chi connectivity index (χ0) is 11.6. The maximum Gasteiger partial charge on any atom is 0.183 e. The van der Waals surface area contributed by atoms with Crippen molar-refractivity contribution in [2.45, 2.75) is 38.6 Å². The number of thiophene rings is 1. The van der Waals surface area contributed by atoms with Gasteiger partial charge in [0.25, 0.3) is 0 Å². The highest BCUT2D eigenvalue weighted by molar-refractivity contribution is 7.08. The molecule has 0 radical (unpaired) electrons. The number of hydrogen-bond acceptors (Lipinski definition) is 3. The summed E-state index contributed by atoms with van der Waals surface area (Å²) in [7, 11) is 0. The van der Waals surface area contributed by atoms with Gasteiger partial charge in [-0.15, -0.1) is 0 Å². The first-order valence-electron chi connectivity index (χ1n) is 5.94. The highest BCUT2D eigenvalue weighted by Crippen LogP contribution is 2.25. The first kappa shape index (κ1) is 11.8. The second-order valence-electron chi connectivity index (χ2n) is 4.95. The summed E-state index contributed by atoms with van der Waals surface area (Å²) in [5.41, 5.74) is 0.516. The van der Waals surface area contributed by atoms with Gasteiger partial charge in [-0.1, -0.05) is 6.42 Å². The van der Waals surface area contributed by atoms with E-state index in [1.807, 2.05) is 16.8 Å². The SMILES string of the molecule is CC(C)(C(=O)c1ccsc1)N1CCCCC1. The number of carbonyl (C=O) groups excluding carboxylic acids is 1. The van der Waals surface area contributed by atoms with Crippen molar-refractivity contribution < 1.29 is 4.79 Å². The first-order valence-corrected chi connectivity index (χ1v) is 6.89. The van der Waals surface area contributed by atoms with Crippen LogP contribution in [0.5, 0.6) is 0 Å². The van der Waals surface area contributed by atoms with Crippen molar-refractivity contribution >= 4 is 17.1 Å². The standard InChI is InChI=1S/C13H19NOS/c1-13(2,14-7-4-3-5-8-14)12(15)11-6-9-16-10-11/h6,9-10H,3-5,7-8H2,1-2H3. The number of hydrogen-bond donors (Lipinski definition) is 0. The number of ketones is 1. The Morgan fingerprint density at radius 1 is 1.31 bits per heavy atom. The molecule has 1 saturated heterocycles. The van der Waals surface area contributed by atoms with Crippen LogP contribution in [0.4, 0.5) is 0 Å². The molecule has 88 valence electrons. The van der Waals surface area contributed by atoms with E-state index >= 15 is 0 Å². The van der Waals surface area contributed by atoms with Crippen LogP contribution in [0.1, 0.15) is 43.5 Å².